The number of urea groups is 1. The van der Waals surface area contributed by atoms with Crippen LogP contribution >= 0.6 is 0 Å². The molecule has 1 unspecified atom stereocenters. The predicted molar refractivity (Wildman–Crippen MR) is 109 cm³/mol. The number of aryl methyl sites for hydroxylation is 1. The number of carbonyl (C=O) groups is 2. The van der Waals surface area contributed by atoms with Crippen molar-refractivity contribution >= 4 is 17.8 Å². The first-order chi connectivity index (χ1) is 14.0. The van der Waals surface area contributed by atoms with Gasteiger partial charge in [0.05, 0.1) is 12.9 Å². The van der Waals surface area contributed by atoms with Gasteiger partial charge in [0.15, 0.2) is 0 Å². The van der Waals surface area contributed by atoms with Gasteiger partial charge in [-0.15, -0.1) is 0 Å². The molecule has 2 saturated heterocycles. The Balaban J connectivity index is 1.44. The molecule has 0 bridgehead atoms. The third-order valence-electron chi connectivity index (χ3n) is 5.84. The average molecular weight is 394 g/mol. The van der Waals surface area contributed by atoms with Crippen molar-refractivity contribution in [2.75, 3.05) is 37.7 Å². The molecule has 1 N–H and O–H groups in total. The van der Waals surface area contributed by atoms with Crippen molar-refractivity contribution in [1.82, 2.24) is 25.1 Å². The fourth-order valence-electron chi connectivity index (χ4n) is 4.00. The van der Waals surface area contributed by atoms with Gasteiger partial charge in [-0.05, 0) is 18.9 Å². The minimum absolute atomic E-state index is 0.176. The number of piperazine rings is 1. The highest BCUT2D eigenvalue weighted by Gasteiger charge is 2.51. The summed E-state index contributed by atoms with van der Waals surface area (Å²) in [6.07, 6.45) is 5.61. The van der Waals surface area contributed by atoms with Crippen molar-refractivity contribution in [2.24, 2.45) is 0 Å². The normalized spacial score (nSPS) is 22.8. The summed E-state index contributed by atoms with van der Waals surface area (Å²) < 4.78 is 0. The molecule has 29 heavy (non-hydrogen) atoms. The van der Waals surface area contributed by atoms with Gasteiger partial charge in [0, 0.05) is 38.6 Å². The Morgan fingerprint density at radius 2 is 1.79 bits per heavy atom. The summed E-state index contributed by atoms with van der Waals surface area (Å²) >= 11 is 0. The van der Waals surface area contributed by atoms with E-state index >= 15 is 0 Å². The molecule has 0 aliphatic carbocycles. The van der Waals surface area contributed by atoms with Crippen LogP contribution in [0.4, 0.5) is 10.6 Å². The summed E-state index contributed by atoms with van der Waals surface area (Å²) in [4.78, 5) is 40.1. The van der Waals surface area contributed by atoms with Gasteiger partial charge >= 0.3 is 6.03 Å². The first-order valence-corrected chi connectivity index (χ1v) is 9.98. The summed E-state index contributed by atoms with van der Waals surface area (Å²) in [6.45, 7) is 7.28. The maximum Gasteiger partial charge on any atom is 0.326 e. The number of rotatable bonds is 5. The molecule has 152 valence electrons. The third kappa shape index (κ3) is 3.55. The number of hydrogen-bond acceptors (Lipinski definition) is 6. The summed E-state index contributed by atoms with van der Waals surface area (Å²) in [5.41, 5.74) is 0.972. The second-order valence-electron chi connectivity index (χ2n) is 7.60. The van der Waals surface area contributed by atoms with Gasteiger partial charge in [-0.25, -0.2) is 14.7 Å². The Kier molecular flexibility index (Phi) is 5.19. The lowest BCUT2D eigenvalue weighted by atomic mass is 9.87. The quantitative estimate of drug-likeness (QED) is 0.778. The molecule has 0 spiro atoms. The van der Waals surface area contributed by atoms with Gasteiger partial charge in [0.25, 0.3) is 5.91 Å². The number of carbonyl (C=O) groups excluding carboxylic acids is 2. The Hall–Kier alpha value is -3.00. The van der Waals surface area contributed by atoms with Crippen molar-refractivity contribution in [3.05, 3.63) is 54.0 Å². The third-order valence-corrected chi connectivity index (χ3v) is 5.84. The van der Waals surface area contributed by atoms with E-state index in [4.69, 9.17) is 0 Å². The molecule has 1 aromatic carbocycles. The predicted octanol–water partition coefficient (Wildman–Crippen LogP) is 1.72. The Labute approximate surface area is 170 Å². The van der Waals surface area contributed by atoms with Crippen LogP contribution in [0.25, 0.3) is 0 Å². The van der Waals surface area contributed by atoms with Crippen LogP contribution in [0.3, 0.4) is 0 Å². The minimum atomic E-state index is -0.980. The van der Waals surface area contributed by atoms with E-state index < -0.39 is 5.54 Å². The number of imide groups is 1. The van der Waals surface area contributed by atoms with Gasteiger partial charge in [-0.1, -0.05) is 36.8 Å². The molecular formula is C21H26N6O2. The van der Waals surface area contributed by atoms with Crippen LogP contribution in [0.1, 0.15) is 24.5 Å². The molecule has 1 aromatic heterocycles. The molecule has 8 heteroatoms. The molecule has 3 amide bonds. The fourth-order valence-corrected chi connectivity index (χ4v) is 4.00. The molecule has 2 fully saturated rings. The highest BCUT2D eigenvalue weighted by molar-refractivity contribution is 6.07. The Morgan fingerprint density at radius 1 is 1.07 bits per heavy atom. The number of anilines is 1. The number of hydrogen-bond donors (Lipinski definition) is 1. The maximum absolute atomic E-state index is 13.3. The van der Waals surface area contributed by atoms with E-state index in [-0.39, 0.29) is 11.9 Å². The largest absolute Gasteiger partial charge is 0.353 e. The van der Waals surface area contributed by atoms with E-state index in [9.17, 15) is 9.59 Å². The molecule has 3 heterocycles. The minimum Gasteiger partial charge on any atom is -0.353 e. The molecule has 1 atom stereocenters. The highest BCUT2D eigenvalue weighted by Crippen LogP contribution is 2.32. The zero-order valence-corrected chi connectivity index (χ0v) is 16.8. The molecule has 2 aliphatic rings. The monoisotopic (exact) mass is 394 g/mol. The first kappa shape index (κ1) is 19.3. The summed E-state index contributed by atoms with van der Waals surface area (Å²) in [6, 6.07) is 7.48. The number of benzene rings is 1. The summed E-state index contributed by atoms with van der Waals surface area (Å²) in [5.74, 6) is 0.678. The summed E-state index contributed by atoms with van der Waals surface area (Å²) in [7, 11) is 0. The fraction of sp³-hybridized carbons (Fsp3) is 0.429. The first-order valence-electron chi connectivity index (χ1n) is 9.98. The number of amides is 3. The lowest BCUT2D eigenvalue weighted by Crippen LogP contribution is -2.52. The van der Waals surface area contributed by atoms with Crippen LogP contribution in [-0.2, 0) is 10.3 Å². The van der Waals surface area contributed by atoms with Crippen LogP contribution in [0.2, 0.25) is 0 Å². The van der Waals surface area contributed by atoms with E-state index in [2.05, 4.69) is 25.1 Å². The highest BCUT2D eigenvalue weighted by atomic mass is 16.2. The van der Waals surface area contributed by atoms with Crippen molar-refractivity contribution in [2.45, 2.75) is 25.8 Å². The second-order valence-corrected chi connectivity index (χ2v) is 7.60. The number of nitrogens with one attached hydrogen (secondary N) is 1. The van der Waals surface area contributed by atoms with Crippen LogP contribution in [0.15, 0.2) is 42.9 Å². The van der Waals surface area contributed by atoms with E-state index in [0.29, 0.717) is 13.1 Å². The van der Waals surface area contributed by atoms with E-state index in [0.717, 1.165) is 43.1 Å². The topological polar surface area (TPSA) is 81.7 Å². The van der Waals surface area contributed by atoms with Crippen molar-refractivity contribution < 1.29 is 9.59 Å². The molecule has 8 nitrogen and oxygen atoms in total. The zero-order valence-electron chi connectivity index (χ0n) is 16.8. The van der Waals surface area contributed by atoms with Gasteiger partial charge < -0.3 is 10.2 Å². The lowest BCUT2D eigenvalue weighted by Gasteiger charge is -2.36. The van der Waals surface area contributed by atoms with Crippen LogP contribution in [0.5, 0.6) is 0 Å². The smallest absolute Gasteiger partial charge is 0.326 e. The summed E-state index contributed by atoms with van der Waals surface area (Å²) in [5, 5.41) is 2.96. The molecule has 4 rings (SSSR count). The van der Waals surface area contributed by atoms with Crippen LogP contribution in [-0.4, -0.2) is 64.6 Å². The number of aromatic nitrogens is 2. The SMILES string of the molecule is CCC1(c2ccc(C)cc2)NC(=O)N(CN2CCN(c3cnccn3)CC2)C1=O. The Morgan fingerprint density at radius 3 is 2.41 bits per heavy atom. The van der Waals surface area contributed by atoms with Gasteiger partial charge in [-0.2, -0.15) is 0 Å². The van der Waals surface area contributed by atoms with Crippen molar-refractivity contribution in [3.63, 3.8) is 0 Å². The number of nitrogens with zero attached hydrogens (tertiary/aromatic N) is 5. The zero-order chi connectivity index (χ0) is 20.4. The standard InChI is InChI=1S/C21H26N6O2/c1-3-21(17-6-4-16(2)5-7-17)19(28)27(20(29)24-21)15-25-10-12-26(13-11-25)18-14-22-8-9-23-18/h4-9,14H,3,10-13,15H2,1-2H3,(H,24,29). The van der Waals surface area contributed by atoms with E-state index in [1.165, 1.54) is 4.90 Å². The second kappa shape index (κ2) is 7.79. The van der Waals surface area contributed by atoms with E-state index in [1.54, 1.807) is 18.6 Å². The molecular weight excluding hydrogens is 368 g/mol. The molecule has 2 aliphatic heterocycles. The van der Waals surface area contributed by atoms with Crippen molar-refractivity contribution in [3.8, 4) is 0 Å². The van der Waals surface area contributed by atoms with Gasteiger partial charge in [0.1, 0.15) is 11.4 Å². The van der Waals surface area contributed by atoms with Gasteiger partial charge in [-0.3, -0.25) is 14.7 Å². The maximum atomic E-state index is 13.3. The molecule has 2 aromatic rings. The average Bonchev–Trinajstić information content (AvgIpc) is 3.00. The van der Waals surface area contributed by atoms with Crippen molar-refractivity contribution in [1.29, 1.82) is 0 Å². The van der Waals surface area contributed by atoms with Gasteiger partial charge in [0.2, 0.25) is 0 Å². The van der Waals surface area contributed by atoms with E-state index in [1.807, 2.05) is 38.1 Å². The Bertz CT molecular complexity index is 880. The molecule has 0 radical (unpaired) electrons. The van der Waals surface area contributed by atoms with Crippen LogP contribution in [0, 0.1) is 6.92 Å². The van der Waals surface area contributed by atoms with Crippen LogP contribution < -0.4 is 10.2 Å². The molecule has 0 saturated carbocycles. The lowest BCUT2D eigenvalue weighted by molar-refractivity contribution is -0.133.